The van der Waals surface area contributed by atoms with Crippen molar-refractivity contribution in [3.8, 4) is 0 Å². The van der Waals surface area contributed by atoms with Gasteiger partial charge in [-0.25, -0.2) is 0 Å². The van der Waals surface area contributed by atoms with Gasteiger partial charge < -0.3 is 0 Å². The van der Waals surface area contributed by atoms with Crippen LogP contribution in [0, 0.1) is 0 Å². The van der Waals surface area contributed by atoms with Crippen molar-refractivity contribution in [2.75, 3.05) is 13.1 Å². The monoisotopic (exact) mass is 207 g/mol. The van der Waals surface area contributed by atoms with Gasteiger partial charge in [0, 0.05) is 32.0 Å². The Labute approximate surface area is 92.3 Å². The molecule has 1 unspecified atom stereocenters. The molecule has 2 heteroatoms. The molecule has 1 atom stereocenters. The highest BCUT2D eigenvalue weighted by Gasteiger charge is 2.23. The van der Waals surface area contributed by atoms with Gasteiger partial charge in [0.25, 0.3) is 0 Å². The molecular formula is C13H21NO. The number of Topliss-reactive ketones (excluding diaryl/α,β-unsaturated/α-hetero) is 1. The molecule has 0 spiro atoms. The summed E-state index contributed by atoms with van der Waals surface area (Å²) in [5.74, 6) is 0.443. The Morgan fingerprint density at radius 1 is 1.47 bits per heavy atom. The molecule has 0 aromatic carbocycles. The van der Waals surface area contributed by atoms with Crippen LogP contribution in [-0.4, -0.2) is 29.8 Å². The maximum Gasteiger partial charge on any atom is 0.135 e. The van der Waals surface area contributed by atoms with Crippen LogP contribution in [0.1, 0.15) is 45.4 Å². The maximum atomic E-state index is 11.2. The molecule has 0 amide bonds. The third kappa shape index (κ3) is 2.91. The van der Waals surface area contributed by atoms with E-state index in [0.717, 1.165) is 25.9 Å². The van der Waals surface area contributed by atoms with Crippen LogP contribution in [0.4, 0.5) is 0 Å². The molecular weight excluding hydrogens is 186 g/mol. The molecule has 2 nitrogen and oxygen atoms in total. The largest absolute Gasteiger partial charge is 0.300 e. The summed E-state index contributed by atoms with van der Waals surface area (Å²) in [7, 11) is 0. The summed E-state index contributed by atoms with van der Waals surface area (Å²) in [6.07, 6.45) is 9.09. The van der Waals surface area contributed by atoms with Gasteiger partial charge in [0.2, 0.25) is 0 Å². The van der Waals surface area contributed by atoms with Gasteiger partial charge in [-0.3, -0.25) is 9.69 Å². The summed E-state index contributed by atoms with van der Waals surface area (Å²) < 4.78 is 0. The van der Waals surface area contributed by atoms with Crippen molar-refractivity contribution in [1.29, 1.82) is 0 Å². The van der Waals surface area contributed by atoms with Crippen LogP contribution < -0.4 is 0 Å². The van der Waals surface area contributed by atoms with E-state index in [1.807, 2.05) is 0 Å². The van der Waals surface area contributed by atoms with Crippen LogP contribution in [-0.2, 0) is 4.79 Å². The van der Waals surface area contributed by atoms with Gasteiger partial charge in [-0.1, -0.05) is 11.6 Å². The zero-order valence-corrected chi connectivity index (χ0v) is 9.67. The Kier molecular flexibility index (Phi) is 3.57. The molecule has 1 aliphatic heterocycles. The quantitative estimate of drug-likeness (QED) is 0.663. The van der Waals surface area contributed by atoms with E-state index in [1.54, 1.807) is 5.57 Å². The van der Waals surface area contributed by atoms with Gasteiger partial charge in [0.1, 0.15) is 5.78 Å². The number of carbonyl (C=O) groups is 1. The van der Waals surface area contributed by atoms with E-state index >= 15 is 0 Å². The molecule has 0 aromatic rings. The van der Waals surface area contributed by atoms with Crippen LogP contribution in [0.3, 0.4) is 0 Å². The van der Waals surface area contributed by atoms with Gasteiger partial charge in [-0.05, 0) is 32.6 Å². The molecule has 2 rings (SSSR count). The summed E-state index contributed by atoms with van der Waals surface area (Å²) in [4.78, 5) is 13.7. The predicted molar refractivity (Wildman–Crippen MR) is 61.8 cm³/mol. The summed E-state index contributed by atoms with van der Waals surface area (Å²) in [5.41, 5.74) is 1.64. The molecule has 0 aromatic heterocycles. The van der Waals surface area contributed by atoms with E-state index in [9.17, 15) is 4.79 Å². The van der Waals surface area contributed by atoms with Crippen molar-refractivity contribution in [3.05, 3.63) is 11.6 Å². The molecule has 2 aliphatic rings. The molecule has 15 heavy (non-hydrogen) atoms. The number of ketones is 1. The molecule has 1 aliphatic carbocycles. The molecule has 84 valence electrons. The Morgan fingerprint density at radius 2 is 2.33 bits per heavy atom. The minimum absolute atomic E-state index is 0.443. The van der Waals surface area contributed by atoms with Crippen molar-refractivity contribution in [2.24, 2.45) is 0 Å². The van der Waals surface area contributed by atoms with Crippen LogP contribution in [0.5, 0.6) is 0 Å². The fourth-order valence-electron chi connectivity index (χ4n) is 2.63. The Balaban J connectivity index is 1.76. The summed E-state index contributed by atoms with van der Waals surface area (Å²) >= 11 is 0. The first-order valence-electron chi connectivity index (χ1n) is 6.19. The van der Waals surface area contributed by atoms with Crippen molar-refractivity contribution >= 4 is 5.78 Å². The van der Waals surface area contributed by atoms with E-state index in [0.29, 0.717) is 11.8 Å². The standard InChI is InChI=1S/C13H21NO/c1-11-10-13(15)7-9-14(11)8-6-12-4-2-3-5-12/h4,11H,2-3,5-10H2,1H3. The second kappa shape index (κ2) is 4.93. The van der Waals surface area contributed by atoms with E-state index < -0.39 is 0 Å². The van der Waals surface area contributed by atoms with Crippen molar-refractivity contribution < 1.29 is 4.79 Å². The SMILES string of the molecule is CC1CC(=O)CCN1CCC1=CCCC1. The van der Waals surface area contributed by atoms with Crippen molar-refractivity contribution in [3.63, 3.8) is 0 Å². The zero-order valence-electron chi connectivity index (χ0n) is 9.67. The number of likely N-dealkylation sites (tertiary alicyclic amines) is 1. The number of rotatable bonds is 3. The first-order valence-corrected chi connectivity index (χ1v) is 6.19. The van der Waals surface area contributed by atoms with Gasteiger partial charge in [0.05, 0.1) is 0 Å². The second-order valence-corrected chi connectivity index (χ2v) is 4.88. The lowest BCUT2D eigenvalue weighted by atomic mass is 10.0. The Hall–Kier alpha value is -0.630. The highest BCUT2D eigenvalue weighted by Crippen LogP contribution is 2.22. The van der Waals surface area contributed by atoms with E-state index in [1.165, 1.54) is 25.7 Å². The van der Waals surface area contributed by atoms with Gasteiger partial charge in [0.15, 0.2) is 0 Å². The Bertz CT molecular complexity index is 270. The summed E-state index contributed by atoms with van der Waals surface area (Å²) in [5, 5.41) is 0. The number of piperidine rings is 1. The normalized spacial score (nSPS) is 28.2. The molecule has 0 radical (unpaired) electrons. The average Bonchev–Trinajstić information content (AvgIpc) is 2.69. The van der Waals surface area contributed by atoms with Crippen molar-refractivity contribution in [1.82, 2.24) is 4.90 Å². The molecule has 1 saturated heterocycles. The minimum atomic E-state index is 0.443. The first-order chi connectivity index (χ1) is 7.25. The highest BCUT2D eigenvalue weighted by molar-refractivity contribution is 5.79. The van der Waals surface area contributed by atoms with Crippen LogP contribution in [0.2, 0.25) is 0 Å². The predicted octanol–water partition coefficient (Wildman–Crippen LogP) is 2.54. The zero-order chi connectivity index (χ0) is 10.7. The van der Waals surface area contributed by atoms with E-state index in [4.69, 9.17) is 0 Å². The van der Waals surface area contributed by atoms with Crippen LogP contribution in [0.15, 0.2) is 11.6 Å². The van der Waals surface area contributed by atoms with Crippen molar-refractivity contribution in [2.45, 2.75) is 51.5 Å². The second-order valence-electron chi connectivity index (χ2n) is 4.88. The van der Waals surface area contributed by atoms with Gasteiger partial charge >= 0.3 is 0 Å². The molecule has 1 heterocycles. The lowest BCUT2D eigenvalue weighted by molar-refractivity contribution is -0.122. The third-order valence-corrected chi connectivity index (χ3v) is 3.68. The maximum absolute atomic E-state index is 11.2. The molecule has 1 fully saturated rings. The Morgan fingerprint density at radius 3 is 3.00 bits per heavy atom. The lowest BCUT2D eigenvalue weighted by Crippen LogP contribution is -2.41. The van der Waals surface area contributed by atoms with E-state index in [-0.39, 0.29) is 0 Å². The lowest BCUT2D eigenvalue weighted by Gasteiger charge is -2.32. The van der Waals surface area contributed by atoms with Crippen LogP contribution >= 0.6 is 0 Å². The third-order valence-electron chi connectivity index (χ3n) is 3.68. The van der Waals surface area contributed by atoms with E-state index in [2.05, 4.69) is 17.9 Å². The number of carbonyl (C=O) groups excluding carboxylic acids is 1. The number of nitrogens with zero attached hydrogens (tertiary/aromatic N) is 1. The number of hydrogen-bond donors (Lipinski definition) is 0. The number of allylic oxidation sites excluding steroid dienone is 1. The molecule has 0 saturated carbocycles. The van der Waals surface area contributed by atoms with Gasteiger partial charge in [-0.15, -0.1) is 0 Å². The molecule has 0 bridgehead atoms. The fraction of sp³-hybridized carbons (Fsp3) is 0.769. The minimum Gasteiger partial charge on any atom is -0.300 e. The molecule has 0 N–H and O–H groups in total. The smallest absolute Gasteiger partial charge is 0.135 e. The summed E-state index contributed by atoms with van der Waals surface area (Å²) in [6, 6.07) is 0.466. The van der Waals surface area contributed by atoms with Gasteiger partial charge in [-0.2, -0.15) is 0 Å². The highest BCUT2D eigenvalue weighted by atomic mass is 16.1. The first kappa shape index (κ1) is 10.9. The van der Waals surface area contributed by atoms with Crippen LogP contribution in [0.25, 0.3) is 0 Å². The number of hydrogen-bond acceptors (Lipinski definition) is 2. The summed E-state index contributed by atoms with van der Waals surface area (Å²) in [6.45, 7) is 4.31. The fourth-order valence-corrected chi connectivity index (χ4v) is 2.63. The topological polar surface area (TPSA) is 20.3 Å². The average molecular weight is 207 g/mol.